The van der Waals surface area contributed by atoms with Gasteiger partial charge in [-0.2, -0.15) is 0 Å². The van der Waals surface area contributed by atoms with Crippen molar-refractivity contribution in [2.75, 3.05) is 19.7 Å². The van der Waals surface area contributed by atoms with Crippen molar-refractivity contribution in [2.24, 2.45) is 17.0 Å². The van der Waals surface area contributed by atoms with Gasteiger partial charge in [-0.15, -0.1) is 5.90 Å². The molecule has 1 fully saturated rings. The molecular formula is C20H28N4O6. The smallest absolute Gasteiger partial charge is 0.333 e. The lowest BCUT2D eigenvalue weighted by Crippen LogP contribution is -2.50. The zero-order valence-electron chi connectivity index (χ0n) is 17.1. The average molecular weight is 420 g/mol. The Bertz CT molecular complexity index is 759. The summed E-state index contributed by atoms with van der Waals surface area (Å²) in [5.74, 6) is 3.14. The first-order valence-corrected chi connectivity index (χ1v) is 9.80. The molecule has 2 rings (SSSR count). The van der Waals surface area contributed by atoms with E-state index < -0.39 is 18.1 Å². The maximum absolute atomic E-state index is 12.7. The van der Waals surface area contributed by atoms with E-state index in [1.807, 2.05) is 0 Å². The number of aliphatic carboxylic acids is 1. The van der Waals surface area contributed by atoms with Crippen LogP contribution in [-0.2, 0) is 19.3 Å². The first-order valence-electron chi connectivity index (χ1n) is 9.80. The molecule has 1 aromatic carbocycles. The fraction of sp³-hybridized carbons (Fsp3) is 0.500. The van der Waals surface area contributed by atoms with Gasteiger partial charge in [0, 0.05) is 25.3 Å². The minimum absolute atomic E-state index is 0.136. The Morgan fingerprint density at radius 3 is 2.47 bits per heavy atom. The number of carbonyl (C=O) groups excluding carboxylic acids is 2. The lowest BCUT2D eigenvalue weighted by molar-refractivity contribution is -0.155. The number of piperidine rings is 1. The van der Waals surface area contributed by atoms with Crippen LogP contribution in [0.1, 0.15) is 42.6 Å². The second-order valence-electron chi connectivity index (χ2n) is 7.03. The number of amides is 2. The van der Waals surface area contributed by atoms with E-state index in [-0.39, 0.29) is 17.7 Å². The summed E-state index contributed by atoms with van der Waals surface area (Å²) in [4.78, 5) is 42.2. The van der Waals surface area contributed by atoms with Crippen molar-refractivity contribution in [3.63, 3.8) is 0 Å². The van der Waals surface area contributed by atoms with Gasteiger partial charge < -0.3 is 25.0 Å². The van der Waals surface area contributed by atoms with Crippen LogP contribution in [0.4, 0.5) is 0 Å². The number of benzene rings is 1. The van der Waals surface area contributed by atoms with Crippen molar-refractivity contribution in [3.8, 4) is 0 Å². The van der Waals surface area contributed by atoms with E-state index in [1.54, 1.807) is 43.0 Å². The van der Waals surface area contributed by atoms with Crippen molar-refractivity contribution in [1.29, 1.82) is 0 Å². The van der Waals surface area contributed by atoms with Gasteiger partial charge in [0.15, 0.2) is 6.10 Å². The predicted octanol–water partition coefficient (Wildman–Crippen LogP) is 0.757. The Labute approximate surface area is 174 Å². The number of hydrogen-bond donors (Lipinski definition) is 3. The van der Waals surface area contributed by atoms with E-state index in [1.165, 1.54) is 6.21 Å². The number of carbonyl (C=O) groups is 3. The second-order valence-corrected chi connectivity index (χ2v) is 7.03. The van der Waals surface area contributed by atoms with Crippen LogP contribution in [0.25, 0.3) is 0 Å². The summed E-state index contributed by atoms with van der Waals surface area (Å²) in [5.41, 5.74) is 1.11. The molecule has 4 N–H and O–H groups in total. The summed E-state index contributed by atoms with van der Waals surface area (Å²) < 4.78 is 5.34. The van der Waals surface area contributed by atoms with Crippen LogP contribution >= 0.6 is 0 Å². The van der Waals surface area contributed by atoms with E-state index in [0.29, 0.717) is 43.7 Å². The number of likely N-dealkylation sites (tertiary alicyclic amines) is 1. The third kappa shape index (κ3) is 6.26. The van der Waals surface area contributed by atoms with E-state index in [9.17, 15) is 19.5 Å². The number of nitrogens with two attached hydrogens (primary N) is 1. The van der Waals surface area contributed by atoms with Gasteiger partial charge in [0.2, 0.25) is 5.91 Å². The van der Waals surface area contributed by atoms with Crippen LogP contribution in [0.5, 0.6) is 0 Å². The Morgan fingerprint density at radius 1 is 1.30 bits per heavy atom. The Morgan fingerprint density at radius 2 is 1.93 bits per heavy atom. The van der Waals surface area contributed by atoms with E-state index in [4.69, 9.17) is 10.6 Å². The minimum Gasteiger partial charge on any atom is -0.479 e. The molecule has 1 aromatic rings. The molecule has 2 atom stereocenters. The minimum atomic E-state index is -0.977. The summed E-state index contributed by atoms with van der Waals surface area (Å²) in [6.07, 6.45) is 1.63. The van der Waals surface area contributed by atoms with Gasteiger partial charge in [0.1, 0.15) is 6.04 Å². The molecule has 0 aromatic heterocycles. The van der Waals surface area contributed by atoms with E-state index >= 15 is 0 Å². The molecule has 2 amide bonds. The van der Waals surface area contributed by atoms with Crippen LogP contribution in [-0.4, -0.2) is 65.8 Å². The highest BCUT2D eigenvalue weighted by molar-refractivity contribution is 5.98. The number of nitrogens with zero attached hydrogens (tertiary/aromatic N) is 2. The summed E-state index contributed by atoms with van der Waals surface area (Å²) in [5, 5.41) is 15.5. The van der Waals surface area contributed by atoms with E-state index in [0.717, 1.165) is 0 Å². The number of hydrogen-bond acceptors (Lipinski definition) is 7. The van der Waals surface area contributed by atoms with Gasteiger partial charge in [-0.1, -0.05) is 17.3 Å². The van der Waals surface area contributed by atoms with Gasteiger partial charge in [-0.25, -0.2) is 4.79 Å². The summed E-state index contributed by atoms with van der Waals surface area (Å²) >= 11 is 0. The third-order valence-electron chi connectivity index (χ3n) is 5.02. The number of ether oxygens (including phenoxy) is 1. The van der Waals surface area contributed by atoms with Gasteiger partial charge in [-0.05, 0) is 50.3 Å². The molecule has 1 aliphatic heterocycles. The molecule has 0 bridgehead atoms. The highest BCUT2D eigenvalue weighted by atomic mass is 16.7. The van der Waals surface area contributed by atoms with Crippen LogP contribution < -0.4 is 11.2 Å². The van der Waals surface area contributed by atoms with Gasteiger partial charge in [0.25, 0.3) is 5.91 Å². The molecule has 0 radical (unpaired) electrons. The second kappa shape index (κ2) is 11.3. The predicted molar refractivity (Wildman–Crippen MR) is 109 cm³/mol. The third-order valence-corrected chi connectivity index (χ3v) is 5.02. The Hall–Kier alpha value is -2.98. The summed E-state index contributed by atoms with van der Waals surface area (Å²) in [7, 11) is 0. The monoisotopic (exact) mass is 420 g/mol. The molecule has 1 heterocycles. The largest absolute Gasteiger partial charge is 0.479 e. The van der Waals surface area contributed by atoms with Crippen molar-refractivity contribution in [3.05, 3.63) is 35.4 Å². The molecule has 2 unspecified atom stereocenters. The highest BCUT2D eigenvalue weighted by Crippen LogP contribution is 2.23. The standard InChI is InChI=1S/C20H28N4O6/c1-3-29-17(20(27)28)15-8-10-24(11-9-15)19(26)13(2)23-18(25)16-6-4-14(5-7-16)12-22-30-21/h4-7,12-13,15,17H,3,8-11,21H2,1-2H3,(H,23,25)(H,27,28). The molecule has 0 saturated carbocycles. The quantitative estimate of drug-likeness (QED) is 0.395. The average Bonchev–Trinajstić information content (AvgIpc) is 2.75. The van der Waals surface area contributed by atoms with Gasteiger partial charge in [0.05, 0.1) is 6.21 Å². The van der Waals surface area contributed by atoms with Crippen LogP contribution in [0, 0.1) is 5.92 Å². The summed E-state index contributed by atoms with van der Waals surface area (Å²) in [6, 6.07) is 5.85. The zero-order valence-corrected chi connectivity index (χ0v) is 17.1. The molecule has 0 aliphatic carbocycles. The van der Waals surface area contributed by atoms with Crippen molar-refractivity contribution < 1.29 is 29.2 Å². The van der Waals surface area contributed by atoms with Crippen LogP contribution in [0.15, 0.2) is 29.4 Å². The Balaban J connectivity index is 1.88. The molecule has 10 nitrogen and oxygen atoms in total. The molecule has 1 saturated heterocycles. The van der Waals surface area contributed by atoms with Crippen molar-refractivity contribution in [1.82, 2.24) is 10.2 Å². The highest BCUT2D eigenvalue weighted by Gasteiger charge is 2.34. The Kier molecular flexibility index (Phi) is 8.75. The van der Waals surface area contributed by atoms with Crippen LogP contribution in [0.2, 0.25) is 0 Å². The van der Waals surface area contributed by atoms with Gasteiger partial charge >= 0.3 is 5.97 Å². The van der Waals surface area contributed by atoms with Crippen molar-refractivity contribution in [2.45, 2.75) is 38.8 Å². The van der Waals surface area contributed by atoms with Crippen LogP contribution in [0.3, 0.4) is 0 Å². The molecule has 0 spiro atoms. The fourth-order valence-electron chi connectivity index (χ4n) is 3.44. The lowest BCUT2D eigenvalue weighted by atomic mass is 9.90. The number of carboxylic acids is 1. The SMILES string of the molecule is CCOC(C(=O)O)C1CCN(C(=O)C(C)NC(=O)c2ccc(C=NON)cc2)CC1. The van der Waals surface area contributed by atoms with Crippen molar-refractivity contribution >= 4 is 24.0 Å². The molecule has 1 aliphatic rings. The zero-order chi connectivity index (χ0) is 22.1. The first-order chi connectivity index (χ1) is 14.4. The molecule has 164 valence electrons. The number of rotatable bonds is 9. The molecule has 10 heteroatoms. The normalized spacial score (nSPS) is 16.8. The van der Waals surface area contributed by atoms with Gasteiger partial charge in [-0.3, -0.25) is 9.59 Å². The summed E-state index contributed by atoms with van der Waals surface area (Å²) in [6.45, 7) is 4.57. The van der Waals surface area contributed by atoms with E-state index in [2.05, 4.69) is 15.4 Å². The number of nitrogens with one attached hydrogen (secondary N) is 1. The lowest BCUT2D eigenvalue weighted by Gasteiger charge is -2.35. The maximum atomic E-state index is 12.7. The fourth-order valence-corrected chi connectivity index (χ4v) is 3.44. The number of oxime groups is 1. The molecular weight excluding hydrogens is 392 g/mol. The topological polar surface area (TPSA) is 144 Å². The first kappa shape index (κ1) is 23.3. The molecule has 30 heavy (non-hydrogen) atoms. The number of carboxylic acid groups (broad SMARTS) is 1. The maximum Gasteiger partial charge on any atom is 0.333 e.